The molecule has 39 heavy (non-hydrogen) atoms. The molecular weight excluding hydrogens is 532 g/mol. The highest BCUT2D eigenvalue weighted by Gasteiger charge is 2.44. The molecule has 2 aromatic carbocycles. The van der Waals surface area contributed by atoms with Crippen LogP contribution in [-0.4, -0.2) is 52.6 Å². The molecule has 6 rings (SSSR count). The molecule has 1 unspecified atom stereocenters. The number of ether oxygens (including phenoxy) is 1. The third-order valence-electron chi connectivity index (χ3n) is 9.13. The number of allylic oxidation sites excluding steroid dienone is 1. The highest BCUT2D eigenvalue weighted by atomic mass is 35.5. The first-order chi connectivity index (χ1) is 18.7. The lowest BCUT2D eigenvalue weighted by Gasteiger charge is -2.45. The summed E-state index contributed by atoms with van der Waals surface area (Å²) in [7, 11) is -2.78. The van der Waals surface area contributed by atoms with Crippen molar-refractivity contribution in [1.82, 2.24) is 4.72 Å². The van der Waals surface area contributed by atoms with E-state index in [-0.39, 0.29) is 23.0 Å². The van der Waals surface area contributed by atoms with Crippen molar-refractivity contribution in [2.75, 3.05) is 30.3 Å². The monoisotopic (exact) mass is 568 g/mol. The molecule has 208 valence electrons. The van der Waals surface area contributed by atoms with Crippen LogP contribution in [0.2, 0.25) is 5.02 Å². The summed E-state index contributed by atoms with van der Waals surface area (Å²) in [6.07, 6.45) is 9.80. The summed E-state index contributed by atoms with van der Waals surface area (Å²) >= 11 is 6.38. The van der Waals surface area contributed by atoms with E-state index in [1.807, 2.05) is 30.4 Å². The normalized spacial score (nSPS) is 33.5. The van der Waals surface area contributed by atoms with Crippen molar-refractivity contribution in [3.8, 4) is 5.75 Å². The van der Waals surface area contributed by atoms with Crippen molar-refractivity contribution in [2.45, 2.75) is 56.5 Å². The molecule has 0 aromatic heterocycles. The number of hydrogen-bond donors (Lipinski definition) is 2. The van der Waals surface area contributed by atoms with Gasteiger partial charge in [-0.25, -0.2) is 4.21 Å². The van der Waals surface area contributed by atoms with E-state index < -0.39 is 15.8 Å². The van der Waals surface area contributed by atoms with Gasteiger partial charge in [-0.2, -0.15) is 0 Å². The second-order valence-electron chi connectivity index (χ2n) is 11.8. The summed E-state index contributed by atoms with van der Waals surface area (Å²) in [5.41, 5.74) is 3.69. The number of aliphatic hydroxyl groups is 1. The van der Waals surface area contributed by atoms with Crippen LogP contribution < -0.4 is 14.4 Å². The molecule has 6 nitrogen and oxygen atoms in total. The number of carbonyl (C=O) groups is 1. The van der Waals surface area contributed by atoms with E-state index in [2.05, 4.69) is 27.6 Å². The van der Waals surface area contributed by atoms with Crippen LogP contribution >= 0.6 is 11.6 Å². The summed E-state index contributed by atoms with van der Waals surface area (Å²) in [5, 5.41) is 11.8. The summed E-state index contributed by atoms with van der Waals surface area (Å²) in [6.45, 7) is 2.07. The minimum Gasteiger partial charge on any atom is -0.490 e. The SMILES string of the molecule is C=S1(=O)CCC/C=C/[C@H](O)[C@@H]2CC[C@H]2CN2C[C@@]3(CCCc4cc(Cl)ccc43)COc3ccc(cc32)C(=O)N1. The molecule has 1 fully saturated rings. The van der Waals surface area contributed by atoms with Crippen molar-refractivity contribution in [1.29, 1.82) is 0 Å². The number of amides is 1. The van der Waals surface area contributed by atoms with Gasteiger partial charge >= 0.3 is 0 Å². The maximum absolute atomic E-state index is 13.2. The number of aliphatic hydroxyl groups excluding tert-OH is 1. The Bertz CT molecular complexity index is 1410. The fourth-order valence-corrected chi connectivity index (χ4v) is 8.29. The lowest BCUT2D eigenvalue weighted by Crippen LogP contribution is -2.49. The summed E-state index contributed by atoms with van der Waals surface area (Å²) in [6, 6.07) is 11.7. The van der Waals surface area contributed by atoms with Gasteiger partial charge in [0, 0.05) is 44.6 Å². The Morgan fingerprint density at radius 2 is 2.05 bits per heavy atom. The maximum Gasteiger partial charge on any atom is 0.262 e. The Kier molecular flexibility index (Phi) is 7.19. The van der Waals surface area contributed by atoms with Crippen molar-refractivity contribution >= 4 is 38.8 Å². The number of nitrogens with one attached hydrogen (secondary N) is 1. The topological polar surface area (TPSA) is 78.9 Å². The van der Waals surface area contributed by atoms with Gasteiger partial charge in [-0.15, -0.1) is 0 Å². The van der Waals surface area contributed by atoms with Gasteiger partial charge in [0.15, 0.2) is 0 Å². The first-order valence-electron chi connectivity index (χ1n) is 14.1. The minimum absolute atomic E-state index is 0.193. The van der Waals surface area contributed by atoms with E-state index in [1.165, 1.54) is 11.1 Å². The smallest absolute Gasteiger partial charge is 0.262 e. The third kappa shape index (κ3) is 5.33. The Labute approximate surface area is 236 Å². The molecule has 0 radical (unpaired) electrons. The van der Waals surface area contributed by atoms with Crippen molar-refractivity contribution in [2.24, 2.45) is 11.8 Å². The minimum atomic E-state index is -2.78. The Hall–Kier alpha value is -2.48. The van der Waals surface area contributed by atoms with E-state index in [0.717, 1.165) is 61.7 Å². The number of benzene rings is 2. The predicted molar refractivity (Wildman–Crippen MR) is 158 cm³/mol. The second kappa shape index (κ2) is 10.5. The molecule has 2 heterocycles. The van der Waals surface area contributed by atoms with Crippen LogP contribution in [0.4, 0.5) is 5.69 Å². The number of nitrogens with zero attached hydrogens (tertiary/aromatic N) is 1. The van der Waals surface area contributed by atoms with E-state index in [1.54, 1.807) is 6.07 Å². The van der Waals surface area contributed by atoms with Gasteiger partial charge in [-0.1, -0.05) is 29.8 Å². The molecule has 4 aliphatic rings. The quantitative estimate of drug-likeness (QED) is 0.349. The zero-order chi connectivity index (χ0) is 27.2. The fraction of sp³-hybridized carbons (Fsp3) is 0.484. The van der Waals surface area contributed by atoms with Crippen molar-refractivity contribution < 1.29 is 18.8 Å². The molecule has 2 aromatic rings. The number of aryl methyl sites for hydroxylation is 1. The number of anilines is 1. The molecule has 1 amide bonds. The van der Waals surface area contributed by atoms with Gasteiger partial charge in [-0.05, 0) is 104 Å². The zero-order valence-electron chi connectivity index (χ0n) is 22.2. The molecule has 2 aliphatic carbocycles. The summed E-state index contributed by atoms with van der Waals surface area (Å²) in [4.78, 5) is 15.6. The van der Waals surface area contributed by atoms with Gasteiger partial charge in [0.2, 0.25) is 0 Å². The van der Waals surface area contributed by atoms with Crippen LogP contribution in [0.5, 0.6) is 5.75 Å². The van der Waals surface area contributed by atoms with Crippen LogP contribution in [0, 0.1) is 11.8 Å². The average Bonchev–Trinajstić information content (AvgIpc) is 3.02. The molecule has 1 saturated carbocycles. The Balaban J connectivity index is 1.42. The average molecular weight is 569 g/mol. The molecule has 0 saturated heterocycles. The summed E-state index contributed by atoms with van der Waals surface area (Å²) in [5.74, 6) is 4.99. The van der Waals surface area contributed by atoms with Gasteiger partial charge < -0.3 is 14.7 Å². The predicted octanol–water partition coefficient (Wildman–Crippen LogP) is 4.91. The largest absolute Gasteiger partial charge is 0.490 e. The first kappa shape index (κ1) is 26.7. The van der Waals surface area contributed by atoms with E-state index in [9.17, 15) is 14.1 Å². The number of hydrogen-bond acceptors (Lipinski definition) is 5. The van der Waals surface area contributed by atoms with Gasteiger partial charge in [0.1, 0.15) is 5.75 Å². The lowest BCUT2D eigenvalue weighted by atomic mass is 9.68. The second-order valence-corrected chi connectivity index (χ2v) is 14.5. The van der Waals surface area contributed by atoms with E-state index in [4.69, 9.17) is 16.3 Å². The third-order valence-corrected chi connectivity index (χ3v) is 10.9. The fourth-order valence-electron chi connectivity index (χ4n) is 6.90. The standard InChI is InChI=1S/C31H37ClN2O4S/c1-39(37)15-4-2-3-7-28(35)25-11-8-23(25)18-34-19-31(14-5-6-21-16-24(32)10-12-26(21)31)20-38-29-13-9-22(17-27(29)34)30(36)33-39/h3,7,9-10,12-13,16-17,23,25,28,35H,1-2,4-6,8,11,14-15,18-20H2,(H,33,36,37)/b7-3+/t23-,25+,28-,31-,39?/m0/s1. The van der Waals surface area contributed by atoms with Crippen LogP contribution in [-0.2, 0) is 21.5 Å². The Morgan fingerprint density at radius 3 is 2.87 bits per heavy atom. The highest BCUT2D eigenvalue weighted by molar-refractivity contribution is 7.99. The number of rotatable bonds is 0. The first-order valence-corrected chi connectivity index (χ1v) is 16.3. The molecule has 1 spiro atoms. The van der Waals surface area contributed by atoms with Gasteiger partial charge in [-0.3, -0.25) is 9.52 Å². The van der Waals surface area contributed by atoms with Crippen LogP contribution in [0.25, 0.3) is 0 Å². The molecular formula is C31H37ClN2O4S. The molecule has 8 heteroatoms. The molecule has 2 bridgehead atoms. The number of halogens is 1. The van der Waals surface area contributed by atoms with Gasteiger partial charge in [0.25, 0.3) is 5.91 Å². The lowest BCUT2D eigenvalue weighted by molar-refractivity contribution is 0.0456. The van der Waals surface area contributed by atoms with Crippen molar-refractivity contribution in [3.63, 3.8) is 0 Å². The van der Waals surface area contributed by atoms with Gasteiger partial charge in [0.05, 0.1) is 18.4 Å². The number of fused-ring (bicyclic) bond motifs is 4. The van der Waals surface area contributed by atoms with E-state index >= 15 is 0 Å². The van der Waals surface area contributed by atoms with E-state index in [0.29, 0.717) is 30.9 Å². The highest BCUT2D eigenvalue weighted by Crippen LogP contribution is 2.46. The molecule has 2 aliphatic heterocycles. The van der Waals surface area contributed by atoms with Crippen LogP contribution in [0.1, 0.15) is 60.0 Å². The Morgan fingerprint density at radius 1 is 1.18 bits per heavy atom. The van der Waals surface area contributed by atoms with Crippen LogP contribution in [0.3, 0.4) is 0 Å². The molecule has 5 atom stereocenters. The zero-order valence-corrected chi connectivity index (χ0v) is 23.8. The number of carbonyl (C=O) groups excluding carboxylic acids is 1. The summed E-state index contributed by atoms with van der Waals surface area (Å²) < 4.78 is 22.2. The molecule has 2 N–H and O–H groups in total. The maximum atomic E-state index is 13.2. The van der Waals surface area contributed by atoms with Crippen molar-refractivity contribution in [3.05, 3.63) is 70.3 Å². The van der Waals surface area contributed by atoms with Crippen LogP contribution in [0.15, 0.2) is 48.6 Å².